The third kappa shape index (κ3) is 3.30. The summed E-state index contributed by atoms with van der Waals surface area (Å²) < 4.78 is 6.41. The van der Waals surface area contributed by atoms with Crippen LogP contribution in [-0.4, -0.2) is 0 Å². The zero-order valence-electron chi connectivity index (χ0n) is 22.3. The summed E-state index contributed by atoms with van der Waals surface area (Å²) in [6, 6.07) is 43.0. The highest BCUT2D eigenvalue weighted by atomic mass is 35.5. The van der Waals surface area contributed by atoms with Crippen molar-refractivity contribution in [2.24, 2.45) is 0 Å². The van der Waals surface area contributed by atoms with E-state index in [4.69, 9.17) is 16.0 Å². The van der Waals surface area contributed by atoms with E-state index in [1.165, 1.54) is 22.3 Å². The molecule has 0 unspecified atom stereocenters. The maximum atomic E-state index is 6.46. The van der Waals surface area contributed by atoms with Crippen LogP contribution in [-0.2, 0) is 5.41 Å². The van der Waals surface area contributed by atoms with Crippen LogP contribution < -0.4 is 4.90 Å². The fourth-order valence-electron chi connectivity index (χ4n) is 6.57. The fraction of sp³-hybridized carbons (Fsp3) is 0.0811. The van der Waals surface area contributed by atoms with Gasteiger partial charge in [0.25, 0.3) is 0 Å². The highest BCUT2D eigenvalue weighted by Gasteiger charge is 2.35. The van der Waals surface area contributed by atoms with Crippen LogP contribution in [0.4, 0.5) is 17.1 Å². The number of rotatable bonds is 3. The summed E-state index contributed by atoms with van der Waals surface area (Å²) in [6.45, 7) is 4.66. The molecule has 0 saturated heterocycles. The molecule has 0 radical (unpaired) electrons. The van der Waals surface area contributed by atoms with Gasteiger partial charge in [-0.2, -0.15) is 0 Å². The number of anilines is 3. The molecule has 0 fully saturated rings. The first kappa shape index (κ1) is 23.4. The van der Waals surface area contributed by atoms with Crippen molar-refractivity contribution in [1.82, 2.24) is 0 Å². The summed E-state index contributed by atoms with van der Waals surface area (Å²) in [7, 11) is 0. The quantitative estimate of drug-likeness (QED) is 0.224. The smallest absolute Gasteiger partial charge is 0.143 e. The van der Waals surface area contributed by atoms with Crippen molar-refractivity contribution in [3.05, 3.63) is 137 Å². The second-order valence-electron chi connectivity index (χ2n) is 11.1. The van der Waals surface area contributed by atoms with E-state index in [1.807, 2.05) is 18.2 Å². The van der Waals surface area contributed by atoms with Gasteiger partial charge in [0, 0.05) is 43.4 Å². The maximum absolute atomic E-state index is 6.46. The third-order valence-electron chi connectivity index (χ3n) is 8.50. The average molecular weight is 536 g/mol. The van der Waals surface area contributed by atoms with Crippen molar-refractivity contribution in [1.29, 1.82) is 0 Å². The van der Waals surface area contributed by atoms with E-state index in [0.29, 0.717) is 5.02 Å². The van der Waals surface area contributed by atoms with Crippen LogP contribution in [0.1, 0.15) is 25.0 Å². The van der Waals surface area contributed by atoms with Crippen LogP contribution in [0.15, 0.2) is 126 Å². The van der Waals surface area contributed by atoms with E-state index in [9.17, 15) is 0 Å². The van der Waals surface area contributed by atoms with E-state index in [0.717, 1.165) is 49.8 Å². The minimum Gasteiger partial charge on any atom is -0.455 e. The first-order valence-corrected chi connectivity index (χ1v) is 14.0. The summed E-state index contributed by atoms with van der Waals surface area (Å²) in [5.74, 6) is 0. The maximum Gasteiger partial charge on any atom is 0.143 e. The molecule has 2 nitrogen and oxygen atoms in total. The number of halogens is 1. The predicted octanol–water partition coefficient (Wildman–Crippen LogP) is 11.2. The molecule has 192 valence electrons. The molecular weight excluding hydrogens is 510 g/mol. The molecule has 0 saturated carbocycles. The highest BCUT2D eigenvalue weighted by Crippen LogP contribution is 2.51. The van der Waals surface area contributed by atoms with Gasteiger partial charge < -0.3 is 9.32 Å². The molecule has 6 aromatic carbocycles. The largest absolute Gasteiger partial charge is 0.455 e. The van der Waals surface area contributed by atoms with Gasteiger partial charge in [-0.05, 0) is 70.8 Å². The lowest BCUT2D eigenvalue weighted by molar-refractivity contribution is 0.660. The normalized spacial score (nSPS) is 13.6. The minimum absolute atomic E-state index is 0.0895. The lowest BCUT2D eigenvalue weighted by atomic mass is 9.82. The molecule has 0 spiro atoms. The monoisotopic (exact) mass is 535 g/mol. The molecule has 1 aromatic heterocycles. The van der Waals surface area contributed by atoms with Gasteiger partial charge in [0.15, 0.2) is 0 Å². The Morgan fingerprint density at radius 3 is 2.15 bits per heavy atom. The summed E-state index contributed by atoms with van der Waals surface area (Å²) in [4.78, 5) is 2.38. The van der Waals surface area contributed by atoms with Crippen molar-refractivity contribution in [3.8, 4) is 11.1 Å². The zero-order valence-corrected chi connectivity index (χ0v) is 23.0. The van der Waals surface area contributed by atoms with E-state index in [1.54, 1.807) is 0 Å². The Morgan fingerprint density at radius 2 is 1.30 bits per heavy atom. The van der Waals surface area contributed by atoms with Gasteiger partial charge in [-0.1, -0.05) is 98.2 Å². The molecule has 1 heterocycles. The van der Waals surface area contributed by atoms with Crippen LogP contribution in [0.3, 0.4) is 0 Å². The molecule has 0 amide bonds. The number of furan rings is 1. The molecule has 0 aliphatic heterocycles. The average Bonchev–Trinajstić information content (AvgIpc) is 3.46. The molecule has 8 rings (SSSR count). The second-order valence-corrected chi connectivity index (χ2v) is 11.6. The molecule has 0 atom stereocenters. The first-order chi connectivity index (χ1) is 19.5. The highest BCUT2D eigenvalue weighted by molar-refractivity contribution is 6.32. The second kappa shape index (κ2) is 8.48. The summed E-state index contributed by atoms with van der Waals surface area (Å²) >= 11 is 6.46. The Morgan fingerprint density at radius 1 is 0.575 bits per heavy atom. The van der Waals surface area contributed by atoms with Crippen molar-refractivity contribution in [2.75, 3.05) is 4.90 Å². The fourth-order valence-corrected chi connectivity index (χ4v) is 6.74. The number of para-hydroxylation sites is 1. The van der Waals surface area contributed by atoms with E-state index in [2.05, 4.69) is 122 Å². The van der Waals surface area contributed by atoms with Crippen LogP contribution in [0, 0.1) is 0 Å². The molecule has 3 heteroatoms. The predicted molar refractivity (Wildman–Crippen MR) is 168 cm³/mol. The van der Waals surface area contributed by atoms with Crippen LogP contribution in [0.2, 0.25) is 5.02 Å². The Hall–Kier alpha value is -4.53. The number of fused-ring (bicyclic) bond motifs is 8. The molecule has 1 aliphatic carbocycles. The van der Waals surface area contributed by atoms with E-state index < -0.39 is 0 Å². The lowest BCUT2D eigenvalue weighted by Crippen LogP contribution is -2.16. The SMILES string of the molecule is CC1(C)c2ccccc2-c2ccc(N(c3ccccc3)c3cc4c5cc(Cl)ccc5oc4c4ccccc34)cc21. The number of benzene rings is 6. The minimum atomic E-state index is -0.0895. The standard InChI is InChI=1S/C37H26ClNO/c1-37(2)32-15-9-8-12-26(32)27-18-17-25(21-33(27)37)39(24-10-4-3-5-11-24)34-22-31-30-20-23(38)16-19-35(30)40-36(31)29-14-7-6-13-28(29)34/h3-22H,1-2H3. The van der Waals surface area contributed by atoms with Gasteiger partial charge in [-0.15, -0.1) is 0 Å². The lowest BCUT2D eigenvalue weighted by Gasteiger charge is -2.29. The van der Waals surface area contributed by atoms with Crippen LogP contribution in [0.5, 0.6) is 0 Å². The third-order valence-corrected chi connectivity index (χ3v) is 8.73. The Kier molecular flexibility index (Phi) is 4.96. The summed E-state index contributed by atoms with van der Waals surface area (Å²) in [5.41, 5.74) is 10.3. The summed E-state index contributed by atoms with van der Waals surface area (Å²) in [5, 5.41) is 4.99. The van der Waals surface area contributed by atoms with Gasteiger partial charge in [0.1, 0.15) is 11.2 Å². The van der Waals surface area contributed by atoms with Gasteiger partial charge in [0.05, 0.1) is 5.69 Å². The Labute approximate surface area is 238 Å². The number of hydrogen-bond donors (Lipinski definition) is 0. The molecular formula is C37H26ClNO. The number of nitrogens with zero attached hydrogens (tertiary/aromatic N) is 1. The molecule has 7 aromatic rings. The topological polar surface area (TPSA) is 16.4 Å². The molecule has 0 bridgehead atoms. The van der Waals surface area contributed by atoms with Crippen LogP contribution >= 0.6 is 11.6 Å². The van der Waals surface area contributed by atoms with Gasteiger partial charge in [-0.25, -0.2) is 0 Å². The van der Waals surface area contributed by atoms with Gasteiger partial charge in [0.2, 0.25) is 0 Å². The Bertz CT molecular complexity index is 2110. The van der Waals surface area contributed by atoms with Gasteiger partial charge >= 0.3 is 0 Å². The molecule has 1 aliphatic rings. The van der Waals surface area contributed by atoms with Crippen molar-refractivity contribution < 1.29 is 4.42 Å². The summed E-state index contributed by atoms with van der Waals surface area (Å²) in [6.07, 6.45) is 0. The van der Waals surface area contributed by atoms with Crippen LogP contribution in [0.25, 0.3) is 43.8 Å². The molecule has 0 N–H and O–H groups in total. The zero-order chi connectivity index (χ0) is 27.0. The van der Waals surface area contributed by atoms with Crippen molar-refractivity contribution in [3.63, 3.8) is 0 Å². The Balaban J connectivity index is 1.44. The van der Waals surface area contributed by atoms with Gasteiger partial charge in [-0.3, -0.25) is 0 Å². The van der Waals surface area contributed by atoms with E-state index in [-0.39, 0.29) is 5.41 Å². The van der Waals surface area contributed by atoms with Crippen molar-refractivity contribution >= 4 is 61.4 Å². The number of hydrogen-bond acceptors (Lipinski definition) is 2. The first-order valence-electron chi connectivity index (χ1n) is 13.6. The van der Waals surface area contributed by atoms with Crippen molar-refractivity contribution in [2.45, 2.75) is 19.3 Å². The van der Waals surface area contributed by atoms with E-state index >= 15 is 0 Å². The molecule has 40 heavy (non-hydrogen) atoms.